The molecular formula is C21H21F2N3O3. The van der Waals surface area contributed by atoms with Crippen molar-refractivity contribution in [3.8, 4) is 11.5 Å². The number of hydrogen-bond donors (Lipinski definition) is 0. The van der Waals surface area contributed by atoms with Crippen LogP contribution in [0.2, 0.25) is 0 Å². The highest BCUT2D eigenvalue weighted by molar-refractivity contribution is 5.90. The van der Waals surface area contributed by atoms with Crippen molar-refractivity contribution in [2.75, 3.05) is 13.1 Å². The topological polar surface area (TPSA) is 66.7 Å². The van der Waals surface area contributed by atoms with Crippen molar-refractivity contribution in [2.24, 2.45) is 5.92 Å². The van der Waals surface area contributed by atoms with Crippen LogP contribution in [0.3, 0.4) is 0 Å². The second-order valence-corrected chi connectivity index (χ2v) is 8.02. The summed E-state index contributed by atoms with van der Waals surface area (Å²) < 4.78 is 32.7. The van der Waals surface area contributed by atoms with E-state index < -0.39 is 17.7 Å². The fourth-order valence-corrected chi connectivity index (χ4v) is 4.25. The summed E-state index contributed by atoms with van der Waals surface area (Å²) in [5.41, 5.74) is 0.828. The monoisotopic (exact) mass is 401 g/mol. The minimum atomic E-state index is -0.699. The number of amides is 2. The number of likely N-dealkylation sites (tertiary alicyclic amines) is 1. The van der Waals surface area contributed by atoms with Gasteiger partial charge in [0, 0.05) is 37.1 Å². The van der Waals surface area contributed by atoms with Crippen molar-refractivity contribution < 1.29 is 22.8 Å². The summed E-state index contributed by atoms with van der Waals surface area (Å²) in [6.45, 7) is 1.39. The van der Waals surface area contributed by atoms with Gasteiger partial charge in [-0.3, -0.25) is 9.59 Å². The number of carbonyl (C=O) groups is 2. The second kappa shape index (κ2) is 6.93. The van der Waals surface area contributed by atoms with Crippen LogP contribution in [-0.4, -0.2) is 45.7 Å². The fourth-order valence-electron chi connectivity index (χ4n) is 4.25. The molecule has 1 atom stereocenters. The van der Waals surface area contributed by atoms with Gasteiger partial charge >= 0.3 is 0 Å². The Hall–Kier alpha value is -2.77. The zero-order valence-electron chi connectivity index (χ0n) is 15.9. The number of rotatable bonds is 3. The molecule has 2 fully saturated rings. The Morgan fingerprint density at radius 3 is 2.52 bits per heavy atom. The highest BCUT2D eigenvalue weighted by Crippen LogP contribution is 2.34. The molecule has 6 nitrogen and oxygen atoms in total. The molecule has 2 aromatic rings. The number of oxazole rings is 1. The zero-order chi connectivity index (χ0) is 20.1. The van der Waals surface area contributed by atoms with Crippen molar-refractivity contribution in [1.82, 2.24) is 14.8 Å². The van der Waals surface area contributed by atoms with Crippen LogP contribution in [0.25, 0.3) is 11.5 Å². The highest BCUT2D eigenvalue weighted by atomic mass is 19.1. The third-order valence-corrected chi connectivity index (χ3v) is 5.90. The van der Waals surface area contributed by atoms with E-state index in [0.29, 0.717) is 37.4 Å². The van der Waals surface area contributed by atoms with Gasteiger partial charge in [0.2, 0.25) is 17.7 Å². The van der Waals surface area contributed by atoms with Gasteiger partial charge < -0.3 is 14.2 Å². The molecule has 1 saturated heterocycles. The van der Waals surface area contributed by atoms with Crippen LogP contribution in [0.15, 0.2) is 22.6 Å². The number of halogens is 2. The average Bonchev–Trinajstić information content (AvgIpc) is 3.27. The molecule has 2 aliphatic heterocycles. The molecule has 1 aliphatic carbocycles. The minimum absolute atomic E-state index is 0.0523. The molecule has 2 amide bonds. The van der Waals surface area contributed by atoms with Gasteiger partial charge in [0.15, 0.2) is 0 Å². The van der Waals surface area contributed by atoms with E-state index in [0.717, 1.165) is 25.3 Å². The van der Waals surface area contributed by atoms with E-state index in [2.05, 4.69) is 4.98 Å². The minimum Gasteiger partial charge on any atom is -0.441 e. The molecule has 0 radical (unpaired) electrons. The zero-order valence-corrected chi connectivity index (χ0v) is 15.9. The third kappa shape index (κ3) is 3.41. The summed E-state index contributed by atoms with van der Waals surface area (Å²) in [6, 6.07) is 2.74. The van der Waals surface area contributed by atoms with Gasteiger partial charge in [0.05, 0.1) is 6.54 Å². The maximum atomic E-state index is 13.5. The largest absolute Gasteiger partial charge is 0.441 e. The Balaban J connectivity index is 1.33. The predicted molar refractivity (Wildman–Crippen MR) is 98.4 cm³/mol. The molecule has 0 bridgehead atoms. The normalized spacial score (nSPS) is 21.4. The summed E-state index contributed by atoms with van der Waals surface area (Å²) in [4.78, 5) is 33.4. The first kappa shape index (κ1) is 18.3. The summed E-state index contributed by atoms with van der Waals surface area (Å²) in [5.74, 6) is -0.468. The Labute approximate surface area is 166 Å². The summed E-state index contributed by atoms with van der Waals surface area (Å²) in [5, 5.41) is 0. The molecule has 29 heavy (non-hydrogen) atoms. The van der Waals surface area contributed by atoms with Crippen LogP contribution in [0.1, 0.15) is 37.1 Å². The lowest BCUT2D eigenvalue weighted by atomic mass is 10.1. The number of fused-ring (bicyclic) bond motifs is 1. The Morgan fingerprint density at radius 2 is 1.79 bits per heavy atom. The third-order valence-electron chi connectivity index (χ3n) is 5.90. The average molecular weight is 401 g/mol. The van der Waals surface area contributed by atoms with Gasteiger partial charge in [-0.2, -0.15) is 0 Å². The molecule has 1 aromatic heterocycles. The van der Waals surface area contributed by atoms with Gasteiger partial charge in [0.1, 0.15) is 29.1 Å². The number of nitrogens with zero attached hydrogens (tertiary/aromatic N) is 3. The van der Waals surface area contributed by atoms with E-state index in [9.17, 15) is 18.4 Å². The maximum absolute atomic E-state index is 13.5. The van der Waals surface area contributed by atoms with E-state index >= 15 is 0 Å². The van der Waals surface area contributed by atoms with Gasteiger partial charge in [-0.25, -0.2) is 13.8 Å². The predicted octanol–water partition coefficient (Wildman–Crippen LogP) is 2.91. The molecule has 8 heteroatoms. The smallest absolute Gasteiger partial charge is 0.245 e. The van der Waals surface area contributed by atoms with Gasteiger partial charge in [0.25, 0.3) is 0 Å². The van der Waals surface area contributed by atoms with Gasteiger partial charge in [-0.05, 0) is 37.8 Å². The number of benzene rings is 1. The van der Waals surface area contributed by atoms with Crippen molar-refractivity contribution in [3.05, 3.63) is 41.3 Å². The van der Waals surface area contributed by atoms with Gasteiger partial charge in [-0.15, -0.1) is 0 Å². The molecule has 0 N–H and O–H groups in total. The highest BCUT2D eigenvalue weighted by Gasteiger charge is 2.42. The van der Waals surface area contributed by atoms with Crippen molar-refractivity contribution in [2.45, 2.75) is 44.7 Å². The van der Waals surface area contributed by atoms with E-state index in [1.54, 1.807) is 9.80 Å². The molecule has 5 rings (SSSR count). The molecule has 152 valence electrons. The molecule has 3 heterocycles. The lowest BCUT2D eigenvalue weighted by Gasteiger charge is -2.31. The van der Waals surface area contributed by atoms with Crippen LogP contribution in [0.4, 0.5) is 8.78 Å². The van der Waals surface area contributed by atoms with Crippen LogP contribution in [0.5, 0.6) is 0 Å². The lowest BCUT2D eigenvalue weighted by Crippen LogP contribution is -2.49. The molecule has 3 aliphatic rings. The molecule has 0 unspecified atom stereocenters. The quantitative estimate of drug-likeness (QED) is 0.793. The van der Waals surface area contributed by atoms with E-state index in [1.165, 1.54) is 12.1 Å². The number of carbonyl (C=O) groups excluding carboxylic acids is 2. The first-order valence-corrected chi connectivity index (χ1v) is 10.0. The number of hydrogen-bond acceptors (Lipinski definition) is 4. The standard InChI is InChI=1S/C21H21F2N3O3/c22-14-8-13(9-15(23)10-14)19-24-16-11-25(7-5-18(16)29-19)21(28)17-2-1-6-26(17)20(27)12-3-4-12/h8-10,12,17H,1-7,11H2/t17-/m0/s1. The summed E-state index contributed by atoms with van der Waals surface area (Å²) in [6.07, 6.45) is 3.85. The van der Waals surface area contributed by atoms with Crippen LogP contribution >= 0.6 is 0 Å². The van der Waals surface area contributed by atoms with Crippen molar-refractivity contribution in [1.29, 1.82) is 0 Å². The van der Waals surface area contributed by atoms with E-state index in [4.69, 9.17) is 4.42 Å². The summed E-state index contributed by atoms with van der Waals surface area (Å²) >= 11 is 0. The summed E-state index contributed by atoms with van der Waals surface area (Å²) in [7, 11) is 0. The Kier molecular flexibility index (Phi) is 4.37. The lowest BCUT2D eigenvalue weighted by molar-refractivity contribution is -0.145. The number of aromatic nitrogens is 1. The fraction of sp³-hybridized carbons (Fsp3) is 0.476. The molecule has 1 aromatic carbocycles. The van der Waals surface area contributed by atoms with E-state index in [-0.39, 0.29) is 35.7 Å². The van der Waals surface area contributed by atoms with E-state index in [1.807, 2.05) is 0 Å². The Morgan fingerprint density at radius 1 is 1.03 bits per heavy atom. The van der Waals surface area contributed by atoms with Crippen LogP contribution in [0, 0.1) is 17.6 Å². The van der Waals surface area contributed by atoms with Crippen LogP contribution < -0.4 is 0 Å². The molecule has 1 saturated carbocycles. The first-order chi connectivity index (χ1) is 14.0. The van der Waals surface area contributed by atoms with Crippen molar-refractivity contribution in [3.63, 3.8) is 0 Å². The second-order valence-electron chi connectivity index (χ2n) is 8.02. The van der Waals surface area contributed by atoms with Gasteiger partial charge in [-0.1, -0.05) is 0 Å². The Bertz CT molecular complexity index is 965. The van der Waals surface area contributed by atoms with Crippen molar-refractivity contribution >= 4 is 11.8 Å². The first-order valence-electron chi connectivity index (χ1n) is 10.0. The van der Waals surface area contributed by atoms with Crippen LogP contribution in [-0.2, 0) is 22.6 Å². The maximum Gasteiger partial charge on any atom is 0.245 e. The molecule has 0 spiro atoms. The molecular weight excluding hydrogens is 380 g/mol. The SMILES string of the molecule is O=C([C@@H]1CCCN1C(=O)C1CC1)N1CCc2oc(-c3cc(F)cc(F)c3)nc2C1.